The minimum Gasteiger partial charge on any atom is -0.447 e. The van der Waals surface area contributed by atoms with Gasteiger partial charge in [0, 0.05) is 17.0 Å². The van der Waals surface area contributed by atoms with E-state index in [1.165, 1.54) is 28.8 Å². The molecule has 4 rings (SSSR count). The molecule has 9 nitrogen and oxygen atoms in total. The van der Waals surface area contributed by atoms with E-state index < -0.39 is 12.1 Å². The Morgan fingerprint density at radius 2 is 1.93 bits per heavy atom. The van der Waals surface area contributed by atoms with Crippen LogP contribution in [0.5, 0.6) is 0 Å². The molecule has 3 aromatic heterocycles. The quantitative estimate of drug-likeness (QED) is 0.496. The Morgan fingerprint density at radius 1 is 1.18 bits per heavy atom. The molecule has 142 valence electrons. The number of aromatic nitrogens is 6. The first kappa shape index (κ1) is 17.7. The van der Waals surface area contributed by atoms with E-state index in [1.54, 1.807) is 6.92 Å². The van der Waals surface area contributed by atoms with Crippen molar-refractivity contribution in [3.8, 4) is 11.5 Å². The van der Waals surface area contributed by atoms with Crippen molar-refractivity contribution in [2.24, 2.45) is 0 Å². The number of esters is 1. The van der Waals surface area contributed by atoms with Gasteiger partial charge in [0.15, 0.2) is 6.10 Å². The van der Waals surface area contributed by atoms with Gasteiger partial charge in [-0.1, -0.05) is 0 Å². The summed E-state index contributed by atoms with van der Waals surface area (Å²) in [6.45, 7) is 5.25. The van der Waals surface area contributed by atoms with Gasteiger partial charge in [0.05, 0.1) is 0 Å². The number of hydrogen-bond acceptors (Lipinski definition) is 8. The lowest BCUT2D eigenvalue weighted by Gasteiger charge is -2.06. The van der Waals surface area contributed by atoms with E-state index in [0.717, 1.165) is 11.4 Å². The molecule has 0 spiro atoms. The first-order valence-corrected chi connectivity index (χ1v) is 8.42. The van der Waals surface area contributed by atoms with Crippen LogP contribution in [0.2, 0.25) is 0 Å². The highest BCUT2D eigenvalue weighted by Crippen LogP contribution is 2.23. The fraction of sp³-hybridized carbons (Fsp3) is 0.222. The molecule has 1 atom stereocenters. The van der Waals surface area contributed by atoms with Crippen molar-refractivity contribution in [3.63, 3.8) is 0 Å². The molecule has 1 aromatic carbocycles. The predicted molar refractivity (Wildman–Crippen MR) is 93.8 cm³/mol. The summed E-state index contributed by atoms with van der Waals surface area (Å²) in [6.07, 6.45) is -0.823. The summed E-state index contributed by atoms with van der Waals surface area (Å²) in [4.78, 5) is 20.7. The second-order valence-corrected chi connectivity index (χ2v) is 6.19. The van der Waals surface area contributed by atoms with Crippen LogP contribution in [-0.2, 0) is 4.74 Å². The number of hydrogen-bond donors (Lipinski definition) is 0. The lowest BCUT2D eigenvalue weighted by atomic mass is 10.2. The summed E-state index contributed by atoms with van der Waals surface area (Å²) in [7, 11) is 0. The van der Waals surface area contributed by atoms with Gasteiger partial charge in [-0.3, -0.25) is 0 Å². The second kappa shape index (κ2) is 6.80. The van der Waals surface area contributed by atoms with E-state index in [2.05, 4.69) is 25.3 Å². The fourth-order valence-corrected chi connectivity index (χ4v) is 2.62. The van der Waals surface area contributed by atoms with E-state index in [1.807, 2.05) is 19.9 Å². The lowest BCUT2D eigenvalue weighted by molar-refractivity contribution is 0.0266. The minimum absolute atomic E-state index is 0.0987. The number of rotatable bonds is 4. The highest BCUT2D eigenvalue weighted by molar-refractivity contribution is 5.85. The Kier molecular flexibility index (Phi) is 4.30. The van der Waals surface area contributed by atoms with Gasteiger partial charge < -0.3 is 9.15 Å². The Balaban J connectivity index is 1.52. The molecule has 3 heterocycles. The van der Waals surface area contributed by atoms with Crippen LogP contribution >= 0.6 is 0 Å². The summed E-state index contributed by atoms with van der Waals surface area (Å²) >= 11 is 0. The second-order valence-electron chi connectivity index (χ2n) is 6.19. The number of carbonyl (C=O) groups excluding carboxylic acids is 1. The molecule has 0 N–H and O–H groups in total. The van der Waals surface area contributed by atoms with Gasteiger partial charge in [0.25, 0.3) is 17.5 Å². The Hall–Kier alpha value is -3.69. The van der Waals surface area contributed by atoms with Crippen LogP contribution in [0, 0.1) is 19.7 Å². The topological polar surface area (TPSA) is 108 Å². The molecule has 0 saturated carbocycles. The molecule has 0 saturated heterocycles. The molecule has 0 bridgehead atoms. The molecule has 4 aromatic rings. The Morgan fingerprint density at radius 3 is 2.68 bits per heavy atom. The number of carbonyl (C=O) groups is 1. The molecule has 0 aliphatic carbocycles. The molecule has 0 fully saturated rings. The maximum absolute atomic E-state index is 13.0. The number of benzene rings is 1. The zero-order chi connectivity index (χ0) is 19.8. The molecule has 0 radical (unpaired) electrons. The van der Waals surface area contributed by atoms with Crippen molar-refractivity contribution in [2.75, 3.05) is 0 Å². The highest BCUT2D eigenvalue weighted by Gasteiger charge is 2.23. The number of nitrogens with zero attached hydrogens (tertiary/aromatic N) is 6. The maximum atomic E-state index is 13.0. The van der Waals surface area contributed by atoms with Crippen LogP contribution in [0.15, 0.2) is 34.7 Å². The van der Waals surface area contributed by atoms with Gasteiger partial charge in [0.1, 0.15) is 5.82 Å². The molecule has 0 aliphatic heterocycles. The van der Waals surface area contributed by atoms with Crippen molar-refractivity contribution in [3.05, 3.63) is 59.3 Å². The highest BCUT2D eigenvalue weighted by atomic mass is 19.1. The SMILES string of the molecule is Cc1cc(C)n2nc(C(=O)O[C@@H](C)c3nnc(-c4ccc(F)cc4)o3)nc2n1. The van der Waals surface area contributed by atoms with E-state index >= 15 is 0 Å². The van der Waals surface area contributed by atoms with Gasteiger partial charge in [-0.2, -0.15) is 4.98 Å². The van der Waals surface area contributed by atoms with Gasteiger partial charge in [-0.25, -0.2) is 18.7 Å². The monoisotopic (exact) mass is 382 g/mol. The predicted octanol–water partition coefficient (Wildman–Crippen LogP) is 2.85. The third kappa shape index (κ3) is 3.31. The molecular formula is C18H15FN6O3. The van der Waals surface area contributed by atoms with Crippen molar-refractivity contribution in [2.45, 2.75) is 26.9 Å². The fourth-order valence-electron chi connectivity index (χ4n) is 2.62. The normalized spacial score (nSPS) is 12.3. The van der Waals surface area contributed by atoms with Crippen LogP contribution in [0.3, 0.4) is 0 Å². The zero-order valence-electron chi connectivity index (χ0n) is 15.3. The maximum Gasteiger partial charge on any atom is 0.379 e. The van der Waals surface area contributed by atoms with Crippen molar-refractivity contribution < 1.29 is 18.3 Å². The van der Waals surface area contributed by atoms with Crippen LogP contribution < -0.4 is 0 Å². The van der Waals surface area contributed by atoms with Crippen molar-refractivity contribution >= 4 is 11.7 Å². The summed E-state index contributed by atoms with van der Waals surface area (Å²) in [6, 6.07) is 7.43. The van der Waals surface area contributed by atoms with Crippen LogP contribution in [0.1, 0.15) is 40.9 Å². The summed E-state index contributed by atoms with van der Waals surface area (Å²) < 4.78 is 25.3. The van der Waals surface area contributed by atoms with Crippen molar-refractivity contribution in [1.29, 1.82) is 0 Å². The number of aryl methyl sites for hydroxylation is 2. The van der Waals surface area contributed by atoms with Crippen LogP contribution in [0.25, 0.3) is 17.2 Å². The number of halogens is 1. The molecule has 0 amide bonds. The minimum atomic E-state index is -0.823. The average Bonchev–Trinajstić information content (AvgIpc) is 3.29. The Bertz CT molecular complexity index is 1170. The number of ether oxygens (including phenoxy) is 1. The van der Waals surface area contributed by atoms with E-state index in [0.29, 0.717) is 11.3 Å². The first-order chi connectivity index (χ1) is 13.4. The standard InChI is InChI=1S/C18H15FN6O3/c1-9-8-10(2)25-18(20-9)21-14(24-25)17(26)27-11(3)15-22-23-16(28-15)12-4-6-13(19)7-5-12/h4-8,11H,1-3H3/t11-/m0/s1. The average molecular weight is 382 g/mol. The van der Waals surface area contributed by atoms with Gasteiger partial charge >= 0.3 is 5.97 Å². The van der Waals surface area contributed by atoms with Gasteiger partial charge in [-0.15, -0.1) is 15.3 Å². The van der Waals surface area contributed by atoms with Crippen LogP contribution in [0.4, 0.5) is 4.39 Å². The summed E-state index contributed by atoms with van der Waals surface area (Å²) in [5.41, 5.74) is 2.12. The van der Waals surface area contributed by atoms with E-state index in [4.69, 9.17) is 9.15 Å². The van der Waals surface area contributed by atoms with E-state index in [-0.39, 0.29) is 23.4 Å². The molecule has 10 heteroatoms. The molecular weight excluding hydrogens is 367 g/mol. The zero-order valence-corrected chi connectivity index (χ0v) is 15.3. The van der Waals surface area contributed by atoms with Crippen LogP contribution in [-0.4, -0.2) is 35.7 Å². The summed E-state index contributed by atoms with van der Waals surface area (Å²) in [5.74, 6) is -0.622. The lowest BCUT2D eigenvalue weighted by Crippen LogP contribution is -2.11. The molecule has 0 aliphatic rings. The van der Waals surface area contributed by atoms with E-state index in [9.17, 15) is 9.18 Å². The largest absolute Gasteiger partial charge is 0.447 e. The third-order valence-corrected chi connectivity index (χ3v) is 3.96. The molecule has 28 heavy (non-hydrogen) atoms. The third-order valence-electron chi connectivity index (χ3n) is 3.96. The van der Waals surface area contributed by atoms with Gasteiger partial charge in [0.2, 0.25) is 5.89 Å². The summed E-state index contributed by atoms with van der Waals surface area (Å²) in [5, 5.41) is 11.9. The van der Waals surface area contributed by atoms with Crippen molar-refractivity contribution in [1.82, 2.24) is 29.8 Å². The first-order valence-electron chi connectivity index (χ1n) is 8.42. The molecule has 0 unspecified atom stereocenters. The Labute approximate surface area is 158 Å². The number of fused-ring (bicyclic) bond motifs is 1. The smallest absolute Gasteiger partial charge is 0.379 e. The van der Waals surface area contributed by atoms with Gasteiger partial charge in [-0.05, 0) is 51.1 Å².